The summed E-state index contributed by atoms with van der Waals surface area (Å²) < 4.78 is 31.9. The highest BCUT2D eigenvalue weighted by Gasteiger charge is 2.15. The van der Waals surface area contributed by atoms with Crippen LogP contribution in [0.1, 0.15) is 23.3 Å². The lowest BCUT2D eigenvalue weighted by Crippen LogP contribution is -2.38. The van der Waals surface area contributed by atoms with Gasteiger partial charge in [-0.1, -0.05) is 6.07 Å². The molecule has 1 heterocycles. The number of sulfonamides is 1. The van der Waals surface area contributed by atoms with Crippen LogP contribution < -0.4 is 15.4 Å². The van der Waals surface area contributed by atoms with Gasteiger partial charge in [-0.2, -0.15) is 0 Å². The molecule has 1 aromatic carbocycles. The highest BCUT2D eigenvalue weighted by atomic mass is 32.2. The first-order valence-corrected chi connectivity index (χ1v) is 9.89. The number of furan rings is 1. The highest BCUT2D eigenvalue weighted by molar-refractivity contribution is 7.89. The van der Waals surface area contributed by atoms with Gasteiger partial charge in [0.1, 0.15) is 5.76 Å². The Morgan fingerprint density at radius 1 is 1.04 bits per heavy atom. The molecule has 0 bridgehead atoms. The van der Waals surface area contributed by atoms with Crippen LogP contribution in [0.5, 0.6) is 0 Å². The molecule has 0 aliphatic heterocycles. The first kappa shape index (κ1) is 20.7. The monoisotopic (exact) mass is 393 g/mol. The van der Waals surface area contributed by atoms with Crippen molar-refractivity contribution in [3.05, 3.63) is 53.5 Å². The summed E-state index contributed by atoms with van der Waals surface area (Å²) in [5, 5.41) is 5.03. The van der Waals surface area contributed by atoms with Gasteiger partial charge in [0.05, 0.1) is 24.2 Å². The number of hydrogen-bond acceptors (Lipinski definition) is 5. The van der Waals surface area contributed by atoms with Crippen LogP contribution in [-0.4, -0.2) is 33.3 Å². The Kier molecular flexibility index (Phi) is 7.14. The van der Waals surface area contributed by atoms with E-state index in [1.54, 1.807) is 24.3 Å². The van der Waals surface area contributed by atoms with E-state index in [2.05, 4.69) is 15.4 Å². The molecule has 0 atom stereocenters. The largest absolute Gasteiger partial charge is 0.467 e. The van der Waals surface area contributed by atoms with Crippen molar-refractivity contribution in [1.82, 2.24) is 15.4 Å². The minimum absolute atomic E-state index is 0.0604. The van der Waals surface area contributed by atoms with Gasteiger partial charge < -0.3 is 15.1 Å². The van der Waals surface area contributed by atoms with Crippen LogP contribution in [-0.2, 0) is 26.2 Å². The molecule has 2 aromatic rings. The third-order valence-electron chi connectivity index (χ3n) is 3.92. The first-order valence-electron chi connectivity index (χ1n) is 8.40. The second kappa shape index (κ2) is 9.33. The average Bonchev–Trinajstić information content (AvgIpc) is 3.14. The van der Waals surface area contributed by atoms with Crippen molar-refractivity contribution in [2.24, 2.45) is 0 Å². The molecule has 0 fully saturated rings. The van der Waals surface area contributed by atoms with Gasteiger partial charge in [0.15, 0.2) is 0 Å². The number of benzene rings is 1. The average molecular weight is 393 g/mol. The predicted molar refractivity (Wildman–Crippen MR) is 99.3 cm³/mol. The molecule has 2 amide bonds. The third kappa shape index (κ3) is 6.54. The molecule has 0 aliphatic rings. The van der Waals surface area contributed by atoms with E-state index in [-0.39, 0.29) is 36.9 Å². The van der Waals surface area contributed by atoms with Crippen molar-refractivity contribution in [1.29, 1.82) is 0 Å². The van der Waals surface area contributed by atoms with Crippen LogP contribution in [0.15, 0.2) is 45.9 Å². The molecule has 0 saturated heterocycles. The lowest BCUT2D eigenvalue weighted by atomic mass is 10.1. The molecule has 0 saturated carbocycles. The Morgan fingerprint density at radius 3 is 2.48 bits per heavy atom. The highest BCUT2D eigenvalue weighted by Crippen LogP contribution is 2.14. The Hall–Kier alpha value is -2.65. The molecular weight excluding hydrogens is 370 g/mol. The fraction of sp³-hybridized carbons (Fsp3) is 0.333. The van der Waals surface area contributed by atoms with Gasteiger partial charge in [-0.15, -0.1) is 0 Å². The Balaban J connectivity index is 1.70. The third-order valence-corrected chi connectivity index (χ3v) is 5.38. The van der Waals surface area contributed by atoms with Gasteiger partial charge in [0, 0.05) is 13.0 Å². The van der Waals surface area contributed by atoms with E-state index >= 15 is 0 Å². The van der Waals surface area contributed by atoms with E-state index in [0.717, 1.165) is 11.1 Å². The first-order chi connectivity index (χ1) is 12.8. The maximum Gasteiger partial charge on any atom is 0.240 e. The van der Waals surface area contributed by atoms with Crippen LogP contribution >= 0.6 is 0 Å². The number of carbonyl (C=O) groups excluding carboxylic acids is 2. The van der Waals surface area contributed by atoms with E-state index in [9.17, 15) is 18.0 Å². The fourth-order valence-electron chi connectivity index (χ4n) is 2.19. The zero-order valence-corrected chi connectivity index (χ0v) is 16.1. The predicted octanol–water partition coefficient (Wildman–Crippen LogP) is 0.997. The van der Waals surface area contributed by atoms with Gasteiger partial charge in [0.2, 0.25) is 21.8 Å². The standard InChI is InChI=1S/C18H23N3O5S/c1-13-5-6-16(10-14(13)2)27(24,25)21-8-7-17(22)20-12-18(23)19-11-15-4-3-9-26-15/h3-6,9-10,21H,7-8,11-12H2,1-2H3,(H,19,23)(H,20,22). The van der Waals surface area contributed by atoms with E-state index in [1.807, 2.05) is 13.8 Å². The quantitative estimate of drug-likeness (QED) is 0.587. The summed E-state index contributed by atoms with van der Waals surface area (Å²) in [7, 11) is -3.68. The Labute approximate surface area is 158 Å². The summed E-state index contributed by atoms with van der Waals surface area (Å²) in [6.45, 7) is 3.71. The maximum absolute atomic E-state index is 12.2. The van der Waals surface area contributed by atoms with E-state index in [4.69, 9.17) is 4.42 Å². The number of carbonyl (C=O) groups is 2. The molecule has 0 aliphatic carbocycles. The minimum atomic E-state index is -3.68. The molecule has 0 radical (unpaired) electrons. The molecule has 0 spiro atoms. The SMILES string of the molecule is Cc1ccc(S(=O)(=O)NCCC(=O)NCC(=O)NCc2ccco2)cc1C. The van der Waals surface area contributed by atoms with Gasteiger partial charge in [-0.05, 0) is 49.2 Å². The molecule has 1 aromatic heterocycles. The summed E-state index contributed by atoms with van der Waals surface area (Å²) in [5.41, 5.74) is 1.87. The number of nitrogens with one attached hydrogen (secondary N) is 3. The molecule has 146 valence electrons. The number of rotatable bonds is 9. The second-order valence-electron chi connectivity index (χ2n) is 6.03. The van der Waals surface area contributed by atoms with Crippen LogP contribution in [0.25, 0.3) is 0 Å². The molecule has 27 heavy (non-hydrogen) atoms. The summed E-state index contributed by atoms with van der Waals surface area (Å²) >= 11 is 0. The zero-order valence-electron chi connectivity index (χ0n) is 15.2. The van der Waals surface area contributed by atoms with Crippen molar-refractivity contribution in [2.75, 3.05) is 13.1 Å². The Bertz CT molecular complexity index is 892. The van der Waals surface area contributed by atoms with E-state index in [1.165, 1.54) is 12.3 Å². The van der Waals surface area contributed by atoms with Crippen molar-refractivity contribution in [3.8, 4) is 0 Å². The van der Waals surface area contributed by atoms with Crippen molar-refractivity contribution in [2.45, 2.75) is 31.7 Å². The summed E-state index contributed by atoms with van der Waals surface area (Å²) in [6.07, 6.45) is 1.43. The summed E-state index contributed by atoms with van der Waals surface area (Å²) in [6, 6.07) is 8.27. The molecule has 2 rings (SSSR count). The summed E-state index contributed by atoms with van der Waals surface area (Å²) in [5.74, 6) is -0.183. The van der Waals surface area contributed by atoms with Gasteiger partial charge >= 0.3 is 0 Å². The molecule has 8 nitrogen and oxygen atoms in total. The lowest BCUT2D eigenvalue weighted by Gasteiger charge is -2.09. The van der Waals surface area contributed by atoms with Crippen LogP contribution in [0, 0.1) is 13.8 Å². The Morgan fingerprint density at radius 2 is 1.81 bits per heavy atom. The van der Waals surface area contributed by atoms with Gasteiger partial charge in [-0.25, -0.2) is 13.1 Å². The van der Waals surface area contributed by atoms with Crippen molar-refractivity contribution < 1.29 is 22.4 Å². The topological polar surface area (TPSA) is 118 Å². The van der Waals surface area contributed by atoms with E-state index < -0.39 is 15.9 Å². The number of amides is 2. The van der Waals surface area contributed by atoms with Crippen LogP contribution in [0.2, 0.25) is 0 Å². The molecule has 9 heteroatoms. The number of hydrogen-bond donors (Lipinski definition) is 3. The lowest BCUT2D eigenvalue weighted by molar-refractivity contribution is -0.126. The van der Waals surface area contributed by atoms with E-state index in [0.29, 0.717) is 5.76 Å². The molecule has 3 N–H and O–H groups in total. The maximum atomic E-state index is 12.2. The van der Waals surface area contributed by atoms with Gasteiger partial charge in [-0.3, -0.25) is 9.59 Å². The fourth-order valence-corrected chi connectivity index (χ4v) is 3.31. The van der Waals surface area contributed by atoms with Gasteiger partial charge in [0.25, 0.3) is 0 Å². The van der Waals surface area contributed by atoms with Crippen LogP contribution in [0.3, 0.4) is 0 Å². The zero-order chi connectivity index (χ0) is 19.9. The smallest absolute Gasteiger partial charge is 0.240 e. The van der Waals surface area contributed by atoms with Crippen molar-refractivity contribution in [3.63, 3.8) is 0 Å². The summed E-state index contributed by atoms with van der Waals surface area (Å²) in [4.78, 5) is 23.6. The molecule has 0 unspecified atom stereocenters. The van der Waals surface area contributed by atoms with Crippen molar-refractivity contribution >= 4 is 21.8 Å². The second-order valence-corrected chi connectivity index (χ2v) is 7.79. The normalized spacial score (nSPS) is 11.2. The number of aryl methyl sites for hydroxylation is 2. The minimum Gasteiger partial charge on any atom is -0.467 e. The van der Waals surface area contributed by atoms with Crippen LogP contribution in [0.4, 0.5) is 0 Å². The molecular formula is C18H23N3O5S.